The molecule has 0 amide bonds. The number of methoxy groups -OCH3 is 1. The van der Waals surface area contributed by atoms with Crippen LogP contribution in [0.25, 0.3) is 11.3 Å². The number of anilines is 1. The Morgan fingerprint density at radius 1 is 1.04 bits per heavy atom. The summed E-state index contributed by atoms with van der Waals surface area (Å²) in [5, 5.41) is 12.8. The minimum Gasteiger partial charge on any atom is -0.508 e. The van der Waals surface area contributed by atoms with Gasteiger partial charge in [0.2, 0.25) is 0 Å². The first-order chi connectivity index (χ1) is 12.1. The fourth-order valence-electron chi connectivity index (χ4n) is 2.64. The number of nitrogens with one attached hydrogen (secondary N) is 1. The summed E-state index contributed by atoms with van der Waals surface area (Å²) in [5.74, 6) is 2.58. The van der Waals surface area contributed by atoms with E-state index in [-0.39, 0.29) is 5.75 Å². The van der Waals surface area contributed by atoms with Crippen LogP contribution in [-0.4, -0.2) is 28.7 Å². The second kappa shape index (κ2) is 7.66. The van der Waals surface area contributed by atoms with Crippen LogP contribution in [0.5, 0.6) is 11.5 Å². The van der Waals surface area contributed by atoms with Crippen molar-refractivity contribution in [3.05, 3.63) is 66.0 Å². The molecule has 0 spiro atoms. The molecule has 25 heavy (non-hydrogen) atoms. The molecule has 5 nitrogen and oxygen atoms in total. The highest BCUT2D eigenvalue weighted by Crippen LogP contribution is 2.24. The SMILES string of the molecule is COc1cccc(-c2cc(NCCc3cccc(O)c3)nc(C)n2)c1. The van der Waals surface area contributed by atoms with Crippen molar-refractivity contribution in [3.63, 3.8) is 0 Å². The van der Waals surface area contributed by atoms with Gasteiger partial charge in [-0.25, -0.2) is 9.97 Å². The van der Waals surface area contributed by atoms with Crippen molar-refractivity contribution in [3.8, 4) is 22.8 Å². The summed E-state index contributed by atoms with van der Waals surface area (Å²) in [5.41, 5.74) is 2.92. The Hall–Kier alpha value is -3.08. The van der Waals surface area contributed by atoms with Gasteiger partial charge in [-0.1, -0.05) is 24.3 Å². The molecule has 0 radical (unpaired) electrons. The first-order valence-electron chi connectivity index (χ1n) is 8.16. The van der Waals surface area contributed by atoms with E-state index in [0.29, 0.717) is 5.82 Å². The molecule has 1 heterocycles. The smallest absolute Gasteiger partial charge is 0.130 e. The van der Waals surface area contributed by atoms with Crippen molar-refractivity contribution in [2.24, 2.45) is 0 Å². The molecule has 128 valence electrons. The summed E-state index contributed by atoms with van der Waals surface area (Å²) in [6.07, 6.45) is 0.798. The number of aromatic nitrogens is 2. The van der Waals surface area contributed by atoms with E-state index in [1.54, 1.807) is 19.2 Å². The normalized spacial score (nSPS) is 10.5. The predicted octanol–water partition coefficient (Wildman–Crippen LogP) is 3.82. The molecule has 0 fully saturated rings. The second-order valence-corrected chi connectivity index (χ2v) is 5.76. The van der Waals surface area contributed by atoms with Gasteiger partial charge in [0.05, 0.1) is 12.8 Å². The molecule has 0 bridgehead atoms. The summed E-state index contributed by atoms with van der Waals surface area (Å²) < 4.78 is 5.28. The maximum absolute atomic E-state index is 9.52. The molecule has 2 aromatic carbocycles. The van der Waals surface area contributed by atoms with Crippen LogP contribution in [0.3, 0.4) is 0 Å². The van der Waals surface area contributed by atoms with Crippen LogP contribution in [0.15, 0.2) is 54.6 Å². The van der Waals surface area contributed by atoms with Gasteiger partial charge in [0.1, 0.15) is 23.1 Å². The van der Waals surface area contributed by atoms with Crippen molar-refractivity contribution in [1.82, 2.24) is 9.97 Å². The lowest BCUT2D eigenvalue weighted by atomic mass is 10.1. The number of phenolic OH excluding ortho intramolecular Hbond substituents is 1. The molecule has 0 saturated carbocycles. The lowest BCUT2D eigenvalue weighted by Crippen LogP contribution is -2.07. The monoisotopic (exact) mass is 335 g/mol. The van der Waals surface area contributed by atoms with Gasteiger partial charge in [-0.15, -0.1) is 0 Å². The van der Waals surface area contributed by atoms with E-state index in [2.05, 4.69) is 15.3 Å². The Labute approximate surface area is 147 Å². The molecule has 0 aliphatic heterocycles. The van der Waals surface area contributed by atoms with Crippen LogP contribution in [0.2, 0.25) is 0 Å². The Bertz CT molecular complexity index is 865. The fraction of sp³-hybridized carbons (Fsp3) is 0.200. The molecule has 0 unspecified atom stereocenters. The average molecular weight is 335 g/mol. The van der Waals surface area contributed by atoms with Gasteiger partial charge in [0.15, 0.2) is 0 Å². The molecule has 3 rings (SSSR count). The van der Waals surface area contributed by atoms with E-state index < -0.39 is 0 Å². The van der Waals surface area contributed by atoms with Crippen LogP contribution < -0.4 is 10.1 Å². The third-order valence-corrected chi connectivity index (χ3v) is 3.83. The Morgan fingerprint density at radius 2 is 1.88 bits per heavy atom. The van der Waals surface area contributed by atoms with Crippen LogP contribution in [0, 0.1) is 6.92 Å². The van der Waals surface area contributed by atoms with Crippen molar-refractivity contribution in [2.75, 3.05) is 19.0 Å². The van der Waals surface area contributed by atoms with Crippen molar-refractivity contribution < 1.29 is 9.84 Å². The number of hydrogen-bond acceptors (Lipinski definition) is 5. The average Bonchev–Trinajstić information content (AvgIpc) is 2.61. The van der Waals surface area contributed by atoms with E-state index in [0.717, 1.165) is 41.4 Å². The summed E-state index contributed by atoms with van der Waals surface area (Å²) >= 11 is 0. The molecule has 0 aliphatic carbocycles. The lowest BCUT2D eigenvalue weighted by molar-refractivity contribution is 0.415. The number of phenols is 1. The number of ether oxygens (including phenoxy) is 1. The highest BCUT2D eigenvalue weighted by atomic mass is 16.5. The van der Waals surface area contributed by atoms with E-state index in [9.17, 15) is 5.11 Å². The summed E-state index contributed by atoms with van der Waals surface area (Å²) in [7, 11) is 1.65. The largest absolute Gasteiger partial charge is 0.508 e. The zero-order valence-electron chi connectivity index (χ0n) is 14.4. The fourth-order valence-corrected chi connectivity index (χ4v) is 2.64. The molecule has 1 aromatic heterocycles. The Morgan fingerprint density at radius 3 is 2.68 bits per heavy atom. The van der Waals surface area contributed by atoms with E-state index in [4.69, 9.17) is 4.74 Å². The first kappa shape index (κ1) is 16.8. The third kappa shape index (κ3) is 4.47. The van der Waals surface area contributed by atoms with Crippen molar-refractivity contribution in [1.29, 1.82) is 0 Å². The molecule has 0 aliphatic rings. The summed E-state index contributed by atoms with van der Waals surface area (Å²) in [6, 6.07) is 17.0. The summed E-state index contributed by atoms with van der Waals surface area (Å²) in [6.45, 7) is 2.60. The number of nitrogens with zero attached hydrogens (tertiary/aromatic N) is 2. The molecule has 3 aromatic rings. The molecule has 0 saturated heterocycles. The van der Waals surface area contributed by atoms with Gasteiger partial charge < -0.3 is 15.2 Å². The minimum absolute atomic E-state index is 0.288. The number of aromatic hydroxyl groups is 1. The van der Waals surface area contributed by atoms with Crippen molar-refractivity contribution in [2.45, 2.75) is 13.3 Å². The number of hydrogen-bond donors (Lipinski definition) is 2. The van der Waals surface area contributed by atoms with Crippen LogP contribution in [0.1, 0.15) is 11.4 Å². The van der Waals surface area contributed by atoms with Gasteiger partial charge in [0.25, 0.3) is 0 Å². The highest BCUT2D eigenvalue weighted by Gasteiger charge is 2.06. The molecule has 0 atom stereocenters. The number of rotatable bonds is 6. The van der Waals surface area contributed by atoms with Gasteiger partial charge in [-0.05, 0) is 43.2 Å². The van der Waals surface area contributed by atoms with Crippen LogP contribution >= 0.6 is 0 Å². The molecular formula is C20H21N3O2. The Kier molecular flexibility index (Phi) is 5.14. The predicted molar refractivity (Wildman–Crippen MR) is 99.1 cm³/mol. The number of aryl methyl sites for hydroxylation is 1. The van der Waals surface area contributed by atoms with Gasteiger partial charge in [-0.3, -0.25) is 0 Å². The van der Waals surface area contributed by atoms with E-state index >= 15 is 0 Å². The van der Waals surface area contributed by atoms with Gasteiger partial charge in [-0.2, -0.15) is 0 Å². The zero-order chi connectivity index (χ0) is 17.6. The summed E-state index contributed by atoms with van der Waals surface area (Å²) in [4.78, 5) is 8.97. The molecular weight excluding hydrogens is 314 g/mol. The van der Waals surface area contributed by atoms with Crippen LogP contribution in [0.4, 0.5) is 5.82 Å². The van der Waals surface area contributed by atoms with Crippen LogP contribution in [-0.2, 0) is 6.42 Å². The standard InChI is InChI=1S/C20H21N3O2/c1-14-22-19(16-6-4-8-18(12-16)25-2)13-20(23-14)21-10-9-15-5-3-7-17(24)11-15/h3-8,11-13,24H,9-10H2,1-2H3,(H,21,22,23). The van der Waals surface area contributed by atoms with E-state index in [1.165, 1.54) is 0 Å². The zero-order valence-corrected chi connectivity index (χ0v) is 14.4. The van der Waals surface area contributed by atoms with Crippen molar-refractivity contribution >= 4 is 5.82 Å². The molecule has 5 heteroatoms. The maximum Gasteiger partial charge on any atom is 0.130 e. The topological polar surface area (TPSA) is 67.3 Å². The highest BCUT2D eigenvalue weighted by molar-refractivity contribution is 5.64. The minimum atomic E-state index is 0.288. The Balaban J connectivity index is 1.73. The number of benzene rings is 2. The third-order valence-electron chi connectivity index (χ3n) is 3.83. The lowest BCUT2D eigenvalue weighted by Gasteiger charge is -2.10. The second-order valence-electron chi connectivity index (χ2n) is 5.76. The van der Waals surface area contributed by atoms with Gasteiger partial charge in [0, 0.05) is 18.2 Å². The van der Waals surface area contributed by atoms with Gasteiger partial charge >= 0.3 is 0 Å². The molecule has 2 N–H and O–H groups in total. The first-order valence-corrected chi connectivity index (χ1v) is 8.16. The quantitative estimate of drug-likeness (QED) is 0.717. The maximum atomic E-state index is 9.52. The van der Waals surface area contributed by atoms with E-state index in [1.807, 2.05) is 49.4 Å².